The van der Waals surface area contributed by atoms with Gasteiger partial charge in [-0.3, -0.25) is 19.7 Å². The van der Waals surface area contributed by atoms with Crippen molar-refractivity contribution in [3.63, 3.8) is 0 Å². The minimum absolute atomic E-state index is 0.0186. The van der Waals surface area contributed by atoms with E-state index in [-0.39, 0.29) is 35.9 Å². The molecule has 0 unspecified atom stereocenters. The van der Waals surface area contributed by atoms with E-state index < -0.39 is 35.3 Å². The van der Waals surface area contributed by atoms with Crippen LogP contribution >= 0.6 is 0 Å². The molecule has 2 amide bonds. The lowest BCUT2D eigenvalue weighted by molar-refractivity contribution is -0.385. The molecule has 10 heteroatoms. The van der Waals surface area contributed by atoms with Crippen LogP contribution in [0.1, 0.15) is 37.6 Å². The van der Waals surface area contributed by atoms with Crippen LogP contribution in [-0.4, -0.2) is 47.0 Å². The zero-order valence-electron chi connectivity index (χ0n) is 15.4. The van der Waals surface area contributed by atoms with Gasteiger partial charge in [-0.05, 0) is 31.4 Å². The van der Waals surface area contributed by atoms with Gasteiger partial charge >= 0.3 is 11.7 Å². The Balaban J connectivity index is 2.73. The Bertz CT molecular complexity index is 718. The van der Waals surface area contributed by atoms with Gasteiger partial charge in [-0.1, -0.05) is 13.8 Å². The number of carbonyl (C=O) groups is 3. The van der Waals surface area contributed by atoms with Gasteiger partial charge in [-0.2, -0.15) is 0 Å². The first kappa shape index (κ1) is 21.9. The molecular weight excluding hydrogens is 358 g/mol. The third-order valence-corrected chi connectivity index (χ3v) is 3.47. The number of nitro benzene ring substituents is 1. The van der Waals surface area contributed by atoms with Gasteiger partial charge in [0, 0.05) is 11.6 Å². The Hall–Kier alpha value is -3.17. The zero-order valence-corrected chi connectivity index (χ0v) is 15.4. The van der Waals surface area contributed by atoms with Crippen LogP contribution in [-0.2, 0) is 9.59 Å². The van der Waals surface area contributed by atoms with Crippen molar-refractivity contribution in [2.45, 2.75) is 33.2 Å². The van der Waals surface area contributed by atoms with Crippen LogP contribution in [0.3, 0.4) is 0 Å². The van der Waals surface area contributed by atoms with E-state index in [1.807, 2.05) is 13.8 Å². The van der Waals surface area contributed by atoms with E-state index in [1.54, 1.807) is 6.92 Å². The van der Waals surface area contributed by atoms with Crippen LogP contribution in [0.2, 0.25) is 0 Å². The molecule has 0 saturated carbocycles. The molecule has 1 rings (SSSR count). The lowest BCUT2D eigenvalue weighted by Crippen LogP contribution is -2.46. The summed E-state index contributed by atoms with van der Waals surface area (Å²) < 4.78 is 5.14. The van der Waals surface area contributed by atoms with Crippen LogP contribution in [0.25, 0.3) is 0 Å². The number of carboxylic acid groups (broad SMARTS) is 1. The molecule has 0 aliphatic heterocycles. The van der Waals surface area contributed by atoms with Gasteiger partial charge in [0.2, 0.25) is 5.91 Å². The number of carbonyl (C=O) groups excluding carboxylic acids is 2. The molecule has 0 saturated heterocycles. The summed E-state index contributed by atoms with van der Waals surface area (Å²) in [5.41, 5.74) is -0.383. The summed E-state index contributed by atoms with van der Waals surface area (Å²) in [5, 5.41) is 24.8. The van der Waals surface area contributed by atoms with Crippen LogP contribution in [0, 0.1) is 16.0 Å². The second kappa shape index (κ2) is 10.1. The third-order valence-electron chi connectivity index (χ3n) is 3.47. The topological polar surface area (TPSA) is 148 Å². The summed E-state index contributed by atoms with van der Waals surface area (Å²) >= 11 is 0. The molecule has 27 heavy (non-hydrogen) atoms. The smallest absolute Gasteiger partial charge is 0.326 e. The van der Waals surface area contributed by atoms with E-state index in [0.717, 1.165) is 6.07 Å². The Kier molecular flexibility index (Phi) is 8.18. The Morgan fingerprint density at radius 3 is 2.48 bits per heavy atom. The predicted octanol–water partition coefficient (Wildman–Crippen LogP) is 1.34. The first-order valence-electron chi connectivity index (χ1n) is 8.37. The van der Waals surface area contributed by atoms with Gasteiger partial charge in [0.05, 0.1) is 18.1 Å². The highest BCUT2D eigenvalue weighted by Gasteiger charge is 2.22. The zero-order chi connectivity index (χ0) is 20.6. The SMILES string of the molecule is CCOc1ccc(C(=O)NCC(=O)N[C@@H](CC(C)C)C(=O)O)cc1[N+](=O)[O-]. The van der Waals surface area contributed by atoms with E-state index in [1.165, 1.54) is 12.1 Å². The fourth-order valence-electron chi connectivity index (χ4n) is 2.28. The first-order valence-corrected chi connectivity index (χ1v) is 8.37. The monoisotopic (exact) mass is 381 g/mol. The normalized spacial score (nSPS) is 11.6. The summed E-state index contributed by atoms with van der Waals surface area (Å²) in [6.07, 6.45) is 0.250. The maximum absolute atomic E-state index is 12.1. The molecule has 1 aromatic carbocycles. The third kappa shape index (κ3) is 6.92. The second-order valence-corrected chi connectivity index (χ2v) is 6.14. The van der Waals surface area contributed by atoms with Gasteiger partial charge in [0.15, 0.2) is 5.75 Å². The van der Waals surface area contributed by atoms with Crippen LogP contribution in [0.4, 0.5) is 5.69 Å². The number of hydrogen-bond acceptors (Lipinski definition) is 6. The lowest BCUT2D eigenvalue weighted by Gasteiger charge is -2.16. The summed E-state index contributed by atoms with van der Waals surface area (Å²) in [7, 11) is 0. The molecule has 0 aliphatic carbocycles. The predicted molar refractivity (Wildman–Crippen MR) is 95.6 cm³/mol. The van der Waals surface area contributed by atoms with E-state index in [9.17, 15) is 24.5 Å². The van der Waals surface area contributed by atoms with Crippen molar-refractivity contribution in [2.24, 2.45) is 5.92 Å². The first-order chi connectivity index (χ1) is 12.6. The molecule has 0 spiro atoms. The number of benzene rings is 1. The molecular formula is C17H23N3O7. The van der Waals surface area contributed by atoms with E-state index in [2.05, 4.69) is 10.6 Å². The number of hydrogen-bond donors (Lipinski definition) is 3. The Morgan fingerprint density at radius 2 is 1.96 bits per heavy atom. The largest absolute Gasteiger partial charge is 0.487 e. The highest BCUT2D eigenvalue weighted by molar-refractivity contribution is 5.97. The summed E-state index contributed by atoms with van der Waals surface area (Å²) in [4.78, 5) is 45.5. The number of aliphatic carboxylic acids is 1. The number of rotatable bonds is 10. The maximum atomic E-state index is 12.1. The number of ether oxygens (including phenoxy) is 1. The van der Waals surface area contributed by atoms with Crippen molar-refractivity contribution in [1.29, 1.82) is 0 Å². The molecule has 0 heterocycles. The highest BCUT2D eigenvalue weighted by Crippen LogP contribution is 2.27. The number of amides is 2. The molecule has 10 nitrogen and oxygen atoms in total. The highest BCUT2D eigenvalue weighted by atomic mass is 16.6. The molecule has 3 N–H and O–H groups in total. The summed E-state index contributed by atoms with van der Waals surface area (Å²) in [6.45, 7) is 5.09. The van der Waals surface area contributed by atoms with Crippen molar-refractivity contribution < 1.29 is 29.2 Å². The minimum atomic E-state index is -1.16. The van der Waals surface area contributed by atoms with Crippen molar-refractivity contribution >= 4 is 23.5 Å². The standard InChI is InChI=1S/C17H23N3O7/c1-4-27-14-6-5-11(8-13(14)20(25)26)16(22)18-9-15(21)19-12(17(23)24)7-10(2)3/h5-6,8,10,12H,4,7,9H2,1-3H3,(H,18,22)(H,19,21)(H,23,24)/t12-/m0/s1. The van der Waals surface area contributed by atoms with Crippen LogP contribution in [0.15, 0.2) is 18.2 Å². The van der Waals surface area contributed by atoms with Gasteiger partial charge in [-0.25, -0.2) is 4.79 Å². The Morgan fingerprint density at radius 1 is 1.30 bits per heavy atom. The number of nitrogens with zero attached hydrogens (tertiary/aromatic N) is 1. The van der Waals surface area contributed by atoms with Gasteiger partial charge in [-0.15, -0.1) is 0 Å². The molecule has 1 atom stereocenters. The average molecular weight is 381 g/mol. The second-order valence-electron chi connectivity index (χ2n) is 6.14. The average Bonchev–Trinajstić information content (AvgIpc) is 2.59. The lowest BCUT2D eigenvalue weighted by atomic mass is 10.0. The van der Waals surface area contributed by atoms with Crippen LogP contribution < -0.4 is 15.4 Å². The minimum Gasteiger partial charge on any atom is -0.487 e. The van der Waals surface area contributed by atoms with Crippen molar-refractivity contribution in [3.8, 4) is 5.75 Å². The van der Waals surface area contributed by atoms with Gasteiger partial charge < -0.3 is 20.5 Å². The van der Waals surface area contributed by atoms with E-state index >= 15 is 0 Å². The molecule has 0 aliphatic rings. The number of carboxylic acids is 1. The molecule has 0 aromatic heterocycles. The van der Waals surface area contributed by atoms with E-state index in [4.69, 9.17) is 9.84 Å². The fourth-order valence-corrected chi connectivity index (χ4v) is 2.28. The maximum Gasteiger partial charge on any atom is 0.326 e. The number of nitro groups is 1. The number of nitrogens with one attached hydrogen (secondary N) is 2. The van der Waals surface area contributed by atoms with Gasteiger partial charge in [0.25, 0.3) is 5.91 Å². The quantitative estimate of drug-likeness (QED) is 0.409. The van der Waals surface area contributed by atoms with Crippen molar-refractivity contribution in [3.05, 3.63) is 33.9 Å². The van der Waals surface area contributed by atoms with Crippen LogP contribution in [0.5, 0.6) is 5.75 Å². The molecule has 0 fully saturated rings. The van der Waals surface area contributed by atoms with Gasteiger partial charge in [0.1, 0.15) is 6.04 Å². The Labute approximate surface area is 156 Å². The molecule has 0 bridgehead atoms. The molecule has 0 radical (unpaired) electrons. The summed E-state index contributed by atoms with van der Waals surface area (Å²) in [5.74, 6) is -2.44. The molecule has 1 aromatic rings. The van der Waals surface area contributed by atoms with E-state index in [0.29, 0.717) is 0 Å². The molecule has 148 valence electrons. The van der Waals surface area contributed by atoms with Crippen molar-refractivity contribution in [1.82, 2.24) is 10.6 Å². The van der Waals surface area contributed by atoms with Crippen molar-refractivity contribution in [2.75, 3.05) is 13.2 Å². The summed E-state index contributed by atoms with van der Waals surface area (Å²) in [6, 6.07) is 2.64. The fraction of sp³-hybridized carbons (Fsp3) is 0.471.